The number of phenolic OH excluding ortho intramolecular Hbond substituents is 2. The Morgan fingerprint density at radius 2 is 1.21 bits per heavy atom. The van der Waals surface area contributed by atoms with Gasteiger partial charge in [0.1, 0.15) is 65.6 Å². The van der Waals surface area contributed by atoms with Gasteiger partial charge < -0.3 is 108 Å². The first kappa shape index (κ1) is 63.7. The molecule has 460 valence electrons. The number of Topliss-reactive ketones (excluding diaryl/α,β-unsaturated/α-hetero) is 2. The van der Waals surface area contributed by atoms with Gasteiger partial charge in [0.15, 0.2) is 48.9 Å². The highest BCUT2D eigenvalue weighted by molar-refractivity contribution is 6.11. The summed E-state index contributed by atoms with van der Waals surface area (Å²) in [6, 6.07) is 3.01. The number of phenols is 2. The van der Waals surface area contributed by atoms with Crippen LogP contribution in [0.25, 0.3) is 10.8 Å². The topological polar surface area (TPSA) is 370 Å². The number of hydrogen-bond donors (Lipinski definition) is 9. The smallest absolute Gasteiger partial charge is 0.303 e. The zero-order chi connectivity index (χ0) is 60.1. The van der Waals surface area contributed by atoms with Crippen LogP contribution in [0.15, 0.2) is 12.1 Å². The number of ether oxygens (including phenoxy) is 13. The maximum atomic E-state index is 15.1. The minimum Gasteiger partial charge on any atom is -0.507 e. The molecule has 0 radical (unpaired) electrons. The molecule has 5 unspecified atom stereocenters. The summed E-state index contributed by atoms with van der Waals surface area (Å²) in [7, 11) is 1.17. The third kappa shape index (κ3) is 13.5. The monoisotopic (exact) mass is 1170 g/mol. The van der Waals surface area contributed by atoms with E-state index in [0.717, 1.165) is 0 Å². The van der Waals surface area contributed by atoms with E-state index in [1.54, 1.807) is 27.7 Å². The summed E-state index contributed by atoms with van der Waals surface area (Å²) in [5, 5.41) is 99.9. The van der Waals surface area contributed by atoms with Crippen molar-refractivity contribution in [2.75, 3.05) is 7.11 Å². The molecule has 82 heavy (non-hydrogen) atoms. The highest BCUT2D eigenvalue weighted by Crippen LogP contribution is 2.48. The fourth-order valence-corrected chi connectivity index (χ4v) is 12.1. The molecule has 0 bridgehead atoms. The first-order chi connectivity index (χ1) is 38.5. The average molecular weight is 1170 g/mol. The van der Waals surface area contributed by atoms with Gasteiger partial charge in [0.25, 0.3) is 0 Å². The SMILES string of the molecule is COC(C(=O)C(O)C(C)O)C1Cc2cc3cc(O[C@H]4C[C@@H](O[C@H]5C[C@@H](O)[C@@H](O)[C@@H](C)O5)[C@@H](OC(C)=O)[C@@H](C)O4)c(C)c(O)c3c(O)c2C(=O)C1O[C@H]1C[C@@H](O[C@H]2C[C@@H](O[C@H]3C[C@](C)(O)[C@@H](OC(C)=O)[C@H](C)O3)[C@H](O)[C@@H](C)O2)[C@H](O)[C@@H](C)O1. The summed E-state index contributed by atoms with van der Waals surface area (Å²) in [6.07, 6.45) is -27.3. The molecule has 5 aliphatic heterocycles. The summed E-state index contributed by atoms with van der Waals surface area (Å²) in [6.45, 7) is 14.6. The predicted molar refractivity (Wildman–Crippen MR) is 278 cm³/mol. The lowest BCUT2D eigenvalue weighted by Crippen LogP contribution is -2.59. The van der Waals surface area contributed by atoms with Gasteiger partial charge in [-0.15, -0.1) is 0 Å². The molecule has 6 aliphatic rings. The number of ketones is 2. The number of rotatable bonds is 17. The summed E-state index contributed by atoms with van der Waals surface area (Å²) >= 11 is 0. The molecule has 5 saturated heterocycles. The lowest BCUT2D eigenvalue weighted by Gasteiger charge is -2.46. The maximum Gasteiger partial charge on any atom is 0.303 e. The summed E-state index contributed by atoms with van der Waals surface area (Å²) in [4.78, 5) is 53.1. The molecule has 0 aromatic heterocycles. The molecule has 0 saturated carbocycles. The lowest BCUT2D eigenvalue weighted by atomic mass is 9.75. The van der Waals surface area contributed by atoms with Crippen molar-refractivity contribution < 1.29 is 127 Å². The minimum absolute atomic E-state index is 0.0580. The van der Waals surface area contributed by atoms with E-state index < -0.39 is 188 Å². The highest BCUT2D eigenvalue weighted by Gasteiger charge is 2.52. The zero-order valence-electron chi connectivity index (χ0n) is 47.7. The van der Waals surface area contributed by atoms with Gasteiger partial charge >= 0.3 is 11.9 Å². The van der Waals surface area contributed by atoms with Crippen molar-refractivity contribution in [3.63, 3.8) is 0 Å². The van der Waals surface area contributed by atoms with Gasteiger partial charge in [-0.2, -0.15) is 0 Å². The van der Waals surface area contributed by atoms with E-state index in [2.05, 4.69) is 0 Å². The fraction of sp³-hybridized carbons (Fsp3) is 0.750. The van der Waals surface area contributed by atoms with E-state index in [0.29, 0.717) is 0 Å². The van der Waals surface area contributed by atoms with Crippen LogP contribution in [0, 0.1) is 12.8 Å². The van der Waals surface area contributed by atoms with E-state index in [1.807, 2.05) is 0 Å². The summed E-state index contributed by atoms with van der Waals surface area (Å²) < 4.78 is 78.3. The molecule has 8 rings (SSSR count). The minimum atomic E-state index is -1.97. The normalized spacial score (nSPS) is 40.1. The molecule has 0 amide bonds. The zero-order valence-corrected chi connectivity index (χ0v) is 47.7. The van der Waals surface area contributed by atoms with Crippen LogP contribution in [0.5, 0.6) is 17.2 Å². The number of carbonyl (C=O) groups excluding carboxylic acids is 4. The van der Waals surface area contributed by atoms with Crippen molar-refractivity contribution in [1.29, 1.82) is 0 Å². The van der Waals surface area contributed by atoms with Gasteiger partial charge in [-0.05, 0) is 84.9 Å². The van der Waals surface area contributed by atoms with Crippen LogP contribution in [-0.4, -0.2) is 223 Å². The highest BCUT2D eigenvalue weighted by atomic mass is 16.7. The molecule has 5 fully saturated rings. The standard InChI is InChI=1S/C56H80O26/c1-20-33(78-39-18-36(52(25(6)74-39)76-27(8)58)81-37-15-32(60)46(63)22(3)71-37)14-30-12-29-13-31(53(70-11)51(68)45(62)21(2)57)54(50(67)43(29)49(66)42(30)44(20)61)82-40-17-34(47(64)24(5)73-40)79-38-16-35(48(65)23(4)72-38)80-41-19-56(10,69)55(26(7)75-41)77-28(9)59/h12,14,21-26,31-32,34-41,45-48,52-55,57,60-66,69H,13,15-19H2,1-11H3/t21?,22-,23-,24-,25-,26+,31?,32-,34-,35-,36-,37+,38+,39+,40+,41+,45?,46+,47-,48-,52+,53?,54?,55+,56+/m1/s1. The number of aromatic hydroxyl groups is 2. The molecular weight excluding hydrogens is 1090 g/mol. The average Bonchev–Trinajstić information content (AvgIpc) is 2.83. The molecule has 2 aromatic carbocycles. The van der Waals surface area contributed by atoms with Crippen LogP contribution in [0.1, 0.15) is 116 Å². The van der Waals surface area contributed by atoms with E-state index in [-0.39, 0.29) is 71.7 Å². The lowest BCUT2D eigenvalue weighted by molar-refractivity contribution is -0.334. The number of aliphatic hydroxyl groups is 7. The summed E-state index contributed by atoms with van der Waals surface area (Å²) in [5.41, 5.74) is -1.55. The molecular formula is C56H80O26. The quantitative estimate of drug-likeness (QED) is 0.0993. The van der Waals surface area contributed by atoms with Crippen LogP contribution in [0.4, 0.5) is 0 Å². The third-order valence-electron chi connectivity index (χ3n) is 16.4. The number of esters is 2. The van der Waals surface area contributed by atoms with Crippen molar-refractivity contribution in [1.82, 2.24) is 0 Å². The molecule has 0 spiro atoms. The molecule has 5 heterocycles. The van der Waals surface area contributed by atoms with Crippen molar-refractivity contribution in [3.05, 3.63) is 28.8 Å². The maximum absolute atomic E-state index is 15.1. The van der Waals surface area contributed by atoms with Crippen LogP contribution in [0.2, 0.25) is 0 Å². The van der Waals surface area contributed by atoms with Crippen LogP contribution in [-0.2, 0) is 77.6 Å². The van der Waals surface area contributed by atoms with Crippen LogP contribution < -0.4 is 4.74 Å². The van der Waals surface area contributed by atoms with E-state index in [1.165, 1.54) is 60.8 Å². The Hall–Kier alpha value is -4.30. The van der Waals surface area contributed by atoms with E-state index in [4.69, 9.17) is 61.6 Å². The van der Waals surface area contributed by atoms with E-state index in [9.17, 15) is 60.3 Å². The number of aliphatic hydroxyl groups excluding tert-OH is 6. The van der Waals surface area contributed by atoms with Crippen molar-refractivity contribution in [2.24, 2.45) is 5.92 Å². The van der Waals surface area contributed by atoms with Gasteiger partial charge in [-0.25, -0.2) is 0 Å². The van der Waals surface area contributed by atoms with Gasteiger partial charge in [-0.3, -0.25) is 19.2 Å². The van der Waals surface area contributed by atoms with Crippen molar-refractivity contribution in [3.8, 4) is 17.2 Å². The fourth-order valence-electron chi connectivity index (χ4n) is 12.1. The molecule has 26 heteroatoms. The Morgan fingerprint density at radius 1 is 0.683 bits per heavy atom. The Morgan fingerprint density at radius 3 is 1.77 bits per heavy atom. The van der Waals surface area contributed by atoms with Crippen LogP contribution in [0.3, 0.4) is 0 Å². The molecule has 25 atom stereocenters. The predicted octanol–water partition coefficient (Wildman–Crippen LogP) is 0.892. The van der Waals surface area contributed by atoms with E-state index >= 15 is 4.79 Å². The van der Waals surface area contributed by atoms with Gasteiger partial charge in [0.05, 0.1) is 65.9 Å². The number of methoxy groups -OCH3 is 1. The second kappa shape index (κ2) is 25.7. The van der Waals surface area contributed by atoms with Crippen LogP contribution >= 0.6 is 0 Å². The number of benzene rings is 2. The molecule has 26 nitrogen and oxygen atoms in total. The van der Waals surface area contributed by atoms with Gasteiger partial charge in [-0.1, -0.05) is 0 Å². The number of fused-ring (bicyclic) bond motifs is 2. The summed E-state index contributed by atoms with van der Waals surface area (Å²) in [5.74, 6) is -5.41. The second-order valence-corrected chi connectivity index (χ2v) is 22.9. The Labute approximate surface area is 473 Å². The number of carbonyl (C=O) groups is 4. The van der Waals surface area contributed by atoms with Crippen molar-refractivity contribution in [2.45, 2.75) is 255 Å². The first-order valence-corrected chi connectivity index (χ1v) is 27.8. The first-order valence-electron chi connectivity index (χ1n) is 27.8. The molecule has 9 N–H and O–H groups in total. The largest absolute Gasteiger partial charge is 0.507 e. The van der Waals surface area contributed by atoms with Gasteiger partial charge in [0.2, 0.25) is 6.29 Å². The Kier molecular flexibility index (Phi) is 20.0. The number of hydrogen-bond acceptors (Lipinski definition) is 26. The van der Waals surface area contributed by atoms with Crippen molar-refractivity contribution >= 4 is 34.3 Å². The van der Waals surface area contributed by atoms with Gasteiger partial charge in [0, 0.05) is 64.5 Å². The molecule has 2 aromatic rings. The molecule has 1 aliphatic carbocycles. The Balaban J connectivity index is 1.04. The Bertz CT molecular complexity index is 2600. The second-order valence-electron chi connectivity index (χ2n) is 22.9. The third-order valence-corrected chi connectivity index (χ3v) is 16.4.